The van der Waals surface area contributed by atoms with Crippen molar-refractivity contribution in [3.8, 4) is 12.1 Å². The van der Waals surface area contributed by atoms with E-state index in [0.29, 0.717) is 12.0 Å². The van der Waals surface area contributed by atoms with Gasteiger partial charge < -0.3 is 20.3 Å². The third kappa shape index (κ3) is 3.50. The van der Waals surface area contributed by atoms with E-state index in [1.54, 1.807) is 24.1 Å². The van der Waals surface area contributed by atoms with Gasteiger partial charge in [0.05, 0.1) is 6.54 Å². The molecule has 0 aromatic heterocycles. The van der Waals surface area contributed by atoms with Crippen LogP contribution in [0.3, 0.4) is 0 Å². The summed E-state index contributed by atoms with van der Waals surface area (Å²) in [5.41, 5.74) is 1.37. The van der Waals surface area contributed by atoms with E-state index in [1.165, 1.54) is 0 Å². The quantitative estimate of drug-likeness (QED) is 0.344. The number of hydrogen-bond donors (Lipinski definition) is 3. The molecule has 1 aromatic rings. The Morgan fingerprint density at radius 2 is 2.06 bits per heavy atom. The van der Waals surface area contributed by atoms with Crippen LogP contribution in [0.1, 0.15) is 5.56 Å². The average Bonchev–Trinajstić information content (AvgIpc) is 2.27. The summed E-state index contributed by atoms with van der Waals surface area (Å²) in [6, 6.07) is 12.8. The Balaban J connectivity index is 2.80. The monoisotopic (exact) mass is 218 g/mol. The normalized spacial score (nSPS) is 9.00. The van der Waals surface area contributed by atoms with Crippen LogP contribution in [0, 0.1) is 12.1 Å². The Kier molecular flexibility index (Phi) is 4.71. The van der Waals surface area contributed by atoms with Gasteiger partial charge in [-0.25, -0.2) is 0 Å². The van der Waals surface area contributed by atoms with Crippen LogP contribution in [0.2, 0.25) is 0 Å². The maximum atomic E-state index is 9.18. The Morgan fingerprint density at radius 1 is 1.38 bits per heavy atom. The molecule has 84 valence electrons. The zero-order valence-electron chi connectivity index (χ0n) is 9.44. The molecule has 0 saturated heterocycles. The van der Waals surface area contributed by atoms with Crippen LogP contribution in [-0.4, -0.2) is 36.2 Å². The largest absolute Gasteiger partial charge is 0.488 e. The van der Waals surface area contributed by atoms with Crippen LogP contribution >= 0.6 is 0 Å². The van der Waals surface area contributed by atoms with Crippen molar-refractivity contribution in [2.75, 3.05) is 14.1 Å². The SMILES string of the molecule is CNC#CN(C)Cc1ccccc1B(O)O. The molecule has 0 unspecified atom stereocenters. The molecule has 4 nitrogen and oxygen atoms in total. The van der Waals surface area contributed by atoms with Gasteiger partial charge >= 0.3 is 7.12 Å². The molecule has 16 heavy (non-hydrogen) atoms. The molecule has 5 heteroatoms. The zero-order chi connectivity index (χ0) is 12.0. The van der Waals surface area contributed by atoms with Crippen LogP contribution in [0.4, 0.5) is 0 Å². The lowest BCUT2D eigenvalue weighted by molar-refractivity contribution is 0.423. The molecule has 0 radical (unpaired) electrons. The van der Waals surface area contributed by atoms with E-state index in [0.717, 1.165) is 5.56 Å². The Labute approximate surface area is 96.0 Å². The smallest absolute Gasteiger partial charge is 0.423 e. The highest BCUT2D eigenvalue weighted by Gasteiger charge is 2.15. The minimum atomic E-state index is -1.44. The maximum Gasteiger partial charge on any atom is 0.488 e. The Morgan fingerprint density at radius 3 is 2.69 bits per heavy atom. The lowest BCUT2D eigenvalue weighted by Crippen LogP contribution is -2.34. The summed E-state index contributed by atoms with van der Waals surface area (Å²) in [5.74, 6) is 0. The molecule has 0 atom stereocenters. The first-order valence-electron chi connectivity index (χ1n) is 4.97. The van der Waals surface area contributed by atoms with Gasteiger partial charge in [0, 0.05) is 26.2 Å². The average molecular weight is 218 g/mol. The highest BCUT2D eigenvalue weighted by molar-refractivity contribution is 6.59. The van der Waals surface area contributed by atoms with Crippen molar-refractivity contribution in [1.29, 1.82) is 0 Å². The highest BCUT2D eigenvalue weighted by Crippen LogP contribution is 2.00. The van der Waals surface area contributed by atoms with Gasteiger partial charge in [-0.2, -0.15) is 0 Å². The molecular weight excluding hydrogens is 203 g/mol. The van der Waals surface area contributed by atoms with Gasteiger partial charge in [0.25, 0.3) is 0 Å². The molecule has 1 aromatic carbocycles. The minimum Gasteiger partial charge on any atom is -0.423 e. The summed E-state index contributed by atoms with van der Waals surface area (Å²) in [6.45, 7) is 0.544. The van der Waals surface area contributed by atoms with E-state index in [4.69, 9.17) is 0 Å². The van der Waals surface area contributed by atoms with Gasteiger partial charge in [0.2, 0.25) is 0 Å². The van der Waals surface area contributed by atoms with Gasteiger partial charge in [-0.15, -0.1) is 0 Å². The number of rotatable bonds is 3. The Hall–Kier alpha value is -1.64. The second kappa shape index (κ2) is 6.06. The Bertz CT molecular complexity index is 398. The third-order valence-electron chi connectivity index (χ3n) is 2.11. The van der Waals surface area contributed by atoms with E-state index in [1.807, 2.05) is 19.2 Å². The molecule has 0 amide bonds. The van der Waals surface area contributed by atoms with Crippen molar-refractivity contribution in [3.63, 3.8) is 0 Å². The van der Waals surface area contributed by atoms with E-state index in [-0.39, 0.29) is 0 Å². The fourth-order valence-corrected chi connectivity index (χ4v) is 1.38. The summed E-state index contributed by atoms with van der Waals surface area (Å²) in [5, 5.41) is 21.1. The third-order valence-corrected chi connectivity index (χ3v) is 2.11. The molecule has 0 saturated carbocycles. The summed E-state index contributed by atoms with van der Waals surface area (Å²) in [6.07, 6.45) is 0. The van der Waals surface area contributed by atoms with Crippen molar-refractivity contribution in [3.05, 3.63) is 29.8 Å². The molecule has 0 aliphatic heterocycles. The first-order valence-corrected chi connectivity index (χ1v) is 4.97. The number of benzene rings is 1. The van der Waals surface area contributed by atoms with Crippen LogP contribution in [0.25, 0.3) is 0 Å². The topological polar surface area (TPSA) is 55.7 Å². The molecule has 0 aliphatic rings. The number of nitrogens with zero attached hydrogens (tertiary/aromatic N) is 1. The standard InChI is InChI=1S/C11H15BN2O2/c1-13-7-8-14(2)9-10-5-3-4-6-11(10)12(15)16/h3-6,13,15-16H,9H2,1-2H3. The summed E-state index contributed by atoms with van der Waals surface area (Å²) in [7, 11) is 2.14. The van der Waals surface area contributed by atoms with E-state index >= 15 is 0 Å². The lowest BCUT2D eigenvalue weighted by atomic mass is 9.77. The number of hydrogen-bond acceptors (Lipinski definition) is 4. The molecular formula is C11H15BN2O2. The molecule has 3 N–H and O–H groups in total. The predicted molar refractivity (Wildman–Crippen MR) is 64.6 cm³/mol. The van der Waals surface area contributed by atoms with Gasteiger partial charge in [-0.1, -0.05) is 24.3 Å². The van der Waals surface area contributed by atoms with Crippen LogP contribution in [-0.2, 0) is 6.54 Å². The maximum absolute atomic E-state index is 9.18. The summed E-state index contributed by atoms with van der Waals surface area (Å²) in [4.78, 5) is 1.78. The molecule has 0 heterocycles. The van der Waals surface area contributed by atoms with Crippen molar-refractivity contribution in [1.82, 2.24) is 10.2 Å². The van der Waals surface area contributed by atoms with Gasteiger partial charge in [-0.3, -0.25) is 0 Å². The fourth-order valence-electron chi connectivity index (χ4n) is 1.38. The zero-order valence-corrected chi connectivity index (χ0v) is 9.44. The van der Waals surface area contributed by atoms with Crippen molar-refractivity contribution in [2.45, 2.75) is 6.54 Å². The molecule has 0 aliphatic carbocycles. The van der Waals surface area contributed by atoms with Crippen LogP contribution in [0.5, 0.6) is 0 Å². The van der Waals surface area contributed by atoms with Gasteiger partial charge in [-0.05, 0) is 11.0 Å². The first kappa shape index (κ1) is 12.4. The van der Waals surface area contributed by atoms with Crippen molar-refractivity contribution in [2.24, 2.45) is 0 Å². The second-order valence-corrected chi connectivity index (χ2v) is 3.42. The van der Waals surface area contributed by atoms with Gasteiger partial charge in [0.15, 0.2) is 0 Å². The molecule has 1 rings (SSSR count). The summed E-state index contributed by atoms with van der Waals surface area (Å²) < 4.78 is 0. The van der Waals surface area contributed by atoms with Gasteiger partial charge in [0.1, 0.15) is 0 Å². The van der Waals surface area contributed by atoms with E-state index in [9.17, 15) is 10.0 Å². The van der Waals surface area contributed by atoms with Crippen molar-refractivity contribution >= 4 is 12.6 Å². The van der Waals surface area contributed by atoms with E-state index < -0.39 is 7.12 Å². The fraction of sp³-hybridized carbons (Fsp3) is 0.273. The molecule has 0 fully saturated rings. The lowest BCUT2D eigenvalue weighted by Gasteiger charge is -2.14. The predicted octanol–water partition coefficient (Wildman–Crippen LogP) is -1.06. The number of nitrogens with one attached hydrogen (secondary N) is 1. The highest BCUT2D eigenvalue weighted by atomic mass is 16.4. The van der Waals surface area contributed by atoms with E-state index in [2.05, 4.69) is 17.4 Å². The van der Waals surface area contributed by atoms with Crippen molar-refractivity contribution < 1.29 is 10.0 Å². The second-order valence-electron chi connectivity index (χ2n) is 3.42. The van der Waals surface area contributed by atoms with Crippen LogP contribution < -0.4 is 10.8 Å². The van der Waals surface area contributed by atoms with Crippen LogP contribution in [0.15, 0.2) is 24.3 Å². The first-order chi connectivity index (χ1) is 7.65. The minimum absolute atomic E-state index is 0.514. The molecule has 0 spiro atoms. The summed E-state index contributed by atoms with van der Waals surface area (Å²) >= 11 is 0. The molecule has 0 bridgehead atoms.